The van der Waals surface area contributed by atoms with Crippen LogP contribution in [0.2, 0.25) is 0 Å². The van der Waals surface area contributed by atoms with Crippen molar-refractivity contribution in [3.8, 4) is 0 Å². The largest absolute Gasteiger partial charge is 0.396 e. The van der Waals surface area contributed by atoms with Crippen LogP contribution in [0.4, 0.5) is 0 Å². The summed E-state index contributed by atoms with van der Waals surface area (Å²) in [5.74, 6) is -1.79. The number of likely N-dealkylation sites (tertiary alicyclic amines) is 1. The molecule has 8 heteroatoms. The molecule has 3 heterocycles. The number of nitrogens with one attached hydrogen (secondary N) is 2. The molecule has 1 spiro atoms. The normalized spacial score (nSPS) is 34.0. The van der Waals surface area contributed by atoms with Gasteiger partial charge in [-0.2, -0.15) is 0 Å². The molecule has 2 unspecified atom stereocenters. The van der Waals surface area contributed by atoms with Crippen molar-refractivity contribution in [1.82, 2.24) is 15.5 Å². The van der Waals surface area contributed by atoms with Gasteiger partial charge in [0.1, 0.15) is 11.6 Å². The number of aliphatic hydroxyl groups is 1. The Morgan fingerprint density at radius 2 is 2.07 bits per heavy atom. The lowest BCUT2D eigenvalue weighted by Crippen LogP contribution is -2.55. The van der Waals surface area contributed by atoms with Gasteiger partial charge >= 0.3 is 0 Å². The standard InChI is InChI=1S/C19H31N3O5/c1-3-4-5-9-21-17(25)15-19-8-7-12(27-19)13(16(24)20-2)14(19)18(26)22(15)10-6-11-23/h12-15,23H,3-11H2,1-2H3,(H,20,24)(H,21,25)/t12-,13+,14+,15?,19?/m1/s1. The summed E-state index contributed by atoms with van der Waals surface area (Å²) in [6, 6.07) is -0.733. The molecule has 0 saturated carbocycles. The lowest BCUT2D eigenvalue weighted by atomic mass is 9.70. The van der Waals surface area contributed by atoms with Gasteiger partial charge in [0.2, 0.25) is 17.7 Å². The molecule has 3 amide bonds. The first-order valence-electron chi connectivity index (χ1n) is 10.1. The Morgan fingerprint density at radius 3 is 2.74 bits per heavy atom. The maximum atomic E-state index is 13.2. The zero-order chi connectivity index (χ0) is 19.6. The van der Waals surface area contributed by atoms with Crippen LogP contribution >= 0.6 is 0 Å². The first-order chi connectivity index (χ1) is 13.0. The second-order valence-corrected chi connectivity index (χ2v) is 7.78. The number of unbranched alkanes of at least 4 members (excludes halogenated alkanes) is 2. The first kappa shape index (κ1) is 20.1. The highest BCUT2D eigenvalue weighted by atomic mass is 16.5. The number of ether oxygens (including phenoxy) is 1. The molecule has 3 saturated heterocycles. The van der Waals surface area contributed by atoms with Crippen LogP contribution in [0.5, 0.6) is 0 Å². The van der Waals surface area contributed by atoms with Gasteiger partial charge in [0.15, 0.2) is 0 Å². The fourth-order valence-corrected chi connectivity index (χ4v) is 5.09. The van der Waals surface area contributed by atoms with Gasteiger partial charge < -0.3 is 25.4 Å². The number of nitrogens with zero attached hydrogens (tertiary/aromatic N) is 1. The minimum Gasteiger partial charge on any atom is -0.396 e. The summed E-state index contributed by atoms with van der Waals surface area (Å²) in [6.45, 7) is 2.89. The Hall–Kier alpha value is -1.67. The monoisotopic (exact) mass is 381 g/mol. The van der Waals surface area contributed by atoms with Crippen LogP contribution in [-0.4, -0.2) is 72.2 Å². The van der Waals surface area contributed by atoms with Crippen molar-refractivity contribution in [1.29, 1.82) is 0 Å². The summed E-state index contributed by atoms with van der Waals surface area (Å²) >= 11 is 0. The van der Waals surface area contributed by atoms with Crippen molar-refractivity contribution in [3.63, 3.8) is 0 Å². The van der Waals surface area contributed by atoms with Crippen molar-refractivity contribution in [2.24, 2.45) is 11.8 Å². The molecule has 8 nitrogen and oxygen atoms in total. The van der Waals surface area contributed by atoms with Crippen molar-refractivity contribution < 1.29 is 24.2 Å². The third-order valence-electron chi connectivity index (χ3n) is 6.23. The minimum atomic E-state index is -0.927. The second-order valence-electron chi connectivity index (χ2n) is 7.78. The van der Waals surface area contributed by atoms with Crippen LogP contribution in [0.25, 0.3) is 0 Å². The minimum absolute atomic E-state index is 0.0609. The highest BCUT2D eigenvalue weighted by molar-refractivity contribution is 5.98. The smallest absolute Gasteiger partial charge is 0.245 e. The molecule has 0 radical (unpaired) electrons. The molecule has 3 aliphatic rings. The molecule has 3 rings (SSSR count). The van der Waals surface area contributed by atoms with Crippen LogP contribution in [0.15, 0.2) is 0 Å². The molecule has 0 aromatic carbocycles. The number of fused-ring (bicyclic) bond motifs is 1. The van der Waals surface area contributed by atoms with E-state index in [0.717, 1.165) is 19.3 Å². The number of carbonyl (C=O) groups excluding carboxylic acids is 3. The predicted octanol–water partition coefficient (Wildman–Crippen LogP) is -0.204. The topological polar surface area (TPSA) is 108 Å². The van der Waals surface area contributed by atoms with Gasteiger partial charge in [0, 0.05) is 26.7 Å². The Kier molecular flexibility index (Phi) is 6.05. The average molecular weight is 381 g/mol. The van der Waals surface area contributed by atoms with E-state index in [0.29, 0.717) is 25.8 Å². The maximum Gasteiger partial charge on any atom is 0.245 e. The van der Waals surface area contributed by atoms with E-state index in [1.54, 1.807) is 7.05 Å². The first-order valence-corrected chi connectivity index (χ1v) is 10.1. The molecule has 3 aliphatic heterocycles. The van der Waals surface area contributed by atoms with Crippen LogP contribution in [0.3, 0.4) is 0 Å². The zero-order valence-corrected chi connectivity index (χ0v) is 16.2. The molecule has 0 aromatic rings. The number of aliphatic hydroxyl groups excluding tert-OH is 1. The molecule has 3 fully saturated rings. The van der Waals surface area contributed by atoms with E-state index in [9.17, 15) is 19.5 Å². The highest BCUT2D eigenvalue weighted by Gasteiger charge is 2.74. The Balaban J connectivity index is 1.86. The number of rotatable bonds is 9. The summed E-state index contributed by atoms with van der Waals surface area (Å²) in [7, 11) is 1.56. The van der Waals surface area contributed by atoms with E-state index in [1.807, 2.05) is 0 Å². The molecule has 3 N–H and O–H groups in total. The quantitative estimate of drug-likeness (QED) is 0.479. The van der Waals surface area contributed by atoms with Gasteiger partial charge in [-0.1, -0.05) is 19.8 Å². The molecular formula is C19H31N3O5. The lowest BCUT2D eigenvalue weighted by molar-refractivity contribution is -0.142. The molecule has 0 aromatic heterocycles. The summed E-state index contributed by atoms with van der Waals surface area (Å²) in [5.41, 5.74) is -0.927. The molecule has 27 heavy (non-hydrogen) atoms. The molecule has 0 aliphatic carbocycles. The molecular weight excluding hydrogens is 350 g/mol. The van der Waals surface area contributed by atoms with Crippen molar-refractivity contribution >= 4 is 17.7 Å². The average Bonchev–Trinajstić information content (AvgIpc) is 3.30. The van der Waals surface area contributed by atoms with Gasteiger partial charge in [-0.25, -0.2) is 0 Å². The van der Waals surface area contributed by atoms with Crippen LogP contribution in [0, 0.1) is 11.8 Å². The summed E-state index contributed by atoms with van der Waals surface area (Å²) in [5, 5.41) is 14.8. The highest BCUT2D eigenvalue weighted by Crippen LogP contribution is 2.58. The van der Waals surface area contributed by atoms with E-state index in [2.05, 4.69) is 17.6 Å². The van der Waals surface area contributed by atoms with Crippen molar-refractivity contribution in [2.45, 2.75) is 63.2 Å². The van der Waals surface area contributed by atoms with E-state index < -0.39 is 23.5 Å². The Labute approximate surface area is 160 Å². The van der Waals surface area contributed by atoms with Crippen molar-refractivity contribution in [3.05, 3.63) is 0 Å². The predicted molar refractivity (Wildman–Crippen MR) is 97.6 cm³/mol. The third kappa shape index (κ3) is 3.23. The van der Waals surface area contributed by atoms with Gasteiger partial charge in [-0.15, -0.1) is 0 Å². The Morgan fingerprint density at radius 1 is 1.30 bits per heavy atom. The summed E-state index contributed by atoms with van der Waals surface area (Å²) < 4.78 is 6.21. The number of hydrogen-bond acceptors (Lipinski definition) is 5. The second kappa shape index (κ2) is 8.14. The molecule has 5 atom stereocenters. The van der Waals surface area contributed by atoms with Crippen LogP contribution < -0.4 is 10.6 Å². The van der Waals surface area contributed by atoms with E-state index in [4.69, 9.17) is 4.74 Å². The zero-order valence-electron chi connectivity index (χ0n) is 16.2. The van der Waals surface area contributed by atoms with Crippen LogP contribution in [-0.2, 0) is 19.1 Å². The number of amides is 3. The van der Waals surface area contributed by atoms with Gasteiger partial charge in [-0.05, 0) is 25.7 Å². The maximum absolute atomic E-state index is 13.2. The van der Waals surface area contributed by atoms with E-state index in [1.165, 1.54) is 4.90 Å². The molecule has 152 valence electrons. The third-order valence-corrected chi connectivity index (χ3v) is 6.23. The Bertz CT molecular complexity index is 598. The van der Waals surface area contributed by atoms with Crippen molar-refractivity contribution in [2.75, 3.05) is 26.7 Å². The summed E-state index contributed by atoms with van der Waals surface area (Å²) in [4.78, 5) is 40.2. The number of hydrogen-bond donors (Lipinski definition) is 3. The van der Waals surface area contributed by atoms with Gasteiger partial charge in [-0.3, -0.25) is 14.4 Å². The van der Waals surface area contributed by atoms with Crippen LogP contribution in [0.1, 0.15) is 45.4 Å². The lowest BCUT2D eigenvalue weighted by Gasteiger charge is -2.33. The van der Waals surface area contributed by atoms with E-state index >= 15 is 0 Å². The SMILES string of the molecule is CCCCCNC(=O)C1N(CCCO)C(=O)[C@@H]2[C@@H](C(=O)NC)[C@H]3CCC12O3. The fraction of sp³-hybridized carbons (Fsp3) is 0.842. The fourth-order valence-electron chi connectivity index (χ4n) is 5.09. The molecule has 2 bridgehead atoms. The van der Waals surface area contributed by atoms with E-state index in [-0.39, 0.29) is 37.0 Å². The summed E-state index contributed by atoms with van der Waals surface area (Å²) in [6.07, 6.45) is 4.34. The van der Waals surface area contributed by atoms with Gasteiger partial charge in [0.25, 0.3) is 0 Å². The number of carbonyl (C=O) groups is 3. The van der Waals surface area contributed by atoms with Gasteiger partial charge in [0.05, 0.1) is 17.9 Å².